The zero-order valence-corrected chi connectivity index (χ0v) is 15.7. The molecule has 0 radical (unpaired) electrons. The fourth-order valence-electron chi connectivity index (χ4n) is 3.00. The molecule has 4 N–H and O–H groups in total. The summed E-state index contributed by atoms with van der Waals surface area (Å²) in [5.41, 5.74) is 11.3. The van der Waals surface area contributed by atoms with Crippen LogP contribution >= 0.6 is 12.4 Å². The van der Waals surface area contributed by atoms with E-state index in [1.54, 1.807) is 4.90 Å². The molecule has 1 heterocycles. The molecule has 2 atom stereocenters. The number of sulfone groups is 1. The number of hydrogen-bond acceptors (Lipinski definition) is 5. The number of carbonyl (C=O) groups is 2. The van der Waals surface area contributed by atoms with Crippen LogP contribution in [0.25, 0.3) is 0 Å². The molecule has 9 heteroatoms. The summed E-state index contributed by atoms with van der Waals surface area (Å²) in [6.07, 6.45) is 2.84. The number of amides is 2. The minimum atomic E-state index is -3.77. The molecule has 1 aromatic rings. The van der Waals surface area contributed by atoms with Gasteiger partial charge in [-0.1, -0.05) is 0 Å². The highest BCUT2D eigenvalue weighted by Gasteiger charge is 2.30. The lowest BCUT2D eigenvalue weighted by Crippen LogP contribution is -2.51. The van der Waals surface area contributed by atoms with Crippen LogP contribution in [0.3, 0.4) is 0 Å². The van der Waals surface area contributed by atoms with E-state index in [0.717, 1.165) is 19.3 Å². The van der Waals surface area contributed by atoms with E-state index >= 15 is 0 Å². The summed E-state index contributed by atoms with van der Waals surface area (Å²) in [5, 5.41) is 0. The Balaban J connectivity index is 0.00000312. The first-order chi connectivity index (χ1) is 11.2. The number of carbonyl (C=O) groups excluding carboxylic acids is 2. The second-order valence-corrected chi connectivity index (χ2v) is 8.16. The second kappa shape index (κ2) is 8.64. The first-order valence-corrected chi connectivity index (χ1v) is 9.55. The van der Waals surface area contributed by atoms with Crippen LogP contribution in [-0.2, 0) is 14.6 Å². The summed E-state index contributed by atoms with van der Waals surface area (Å²) in [7, 11) is -3.77. The van der Waals surface area contributed by atoms with Crippen LogP contribution in [0.5, 0.6) is 0 Å². The number of piperidine rings is 1. The van der Waals surface area contributed by atoms with Gasteiger partial charge < -0.3 is 16.4 Å². The maximum Gasteiger partial charge on any atom is 0.254 e. The number of rotatable bonds is 5. The number of primary amides is 1. The molecular formula is C16H24ClN3O4S. The highest BCUT2D eigenvalue weighted by Crippen LogP contribution is 2.22. The van der Waals surface area contributed by atoms with Crippen LogP contribution in [0, 0.1) is 0 Å². The molecule has 0 aromatic heterocycles. The highest BCUT2D eigenvalue weighted by molar-refractivity contribution is 7.92. The van der Waals surface area contributed by atoms with Gasteiger partial charge in [-0.05, 0) is 50.5 Å². The van der Waals surface area contributed by atoms with Crippen molar-refractivity contribution in [2.24, 2.45) is 11.5 Å². The van der Waals surface area contributed by atoms with Crippen molar-refractivity contribution in [3.63, 3.8) is 0 Å². The van der Waals surface area contributed by atoms with Gasteiger partial charge in [-0.3, -0.25) is 9.59 Å². The first kappa shape index (κ1) is 21.4. The van der Waals surface area contributed by atoms with Crippen molar-refractivity contribution < 1.29 is 18.0 Å². The average molecular weight is 390 g/mol. The average Bonchev–Trinajstić information content (AvgIpc) is 2.53. The quantitative estimate of drug-likeness (QED) is 0.767. The van der Waals surface area contributed by atoms with Gasteiger partial charge in [0.15, 0.2) is 9.84 Å². The lowest BCUT2D eigenvalue weighted by atomic mass is 9.96. The fraction of sp³-hybridized carbons (Fsp3) is 0.500. The molecular weight excluding hydrogens is 366 g/mol. The molecule has 0 aliphatic carbocycles. The maximum absolute atomic E-state index is 12.7. The van der Waals surface area contributed by atoms with Gasteiger partial charge in [-0.15, -0.1) is 12.4 Å². The van der Waals surface area contributed by atoms with E-state index in [0.29, 0.717) is 12.1 Å². The van der Waals surface area contributed by atoms with Gasteiger partial charge >= 0.3 is 0 Å². The minimum Gasteiger partial charge on any atom is -0.369 e. The van der Waals surface area contributed by atoms with Crippen molar-refractivity contribution in [1.82, 2.24) is 4.90 Å². The summed E-state index contributed by atoms with van der Waals surface area (Å²) in [6.45, 7) is 2.53. The SMILES string of the molecule is CC(N)C1CCCCN1C(=O)c1ccc(S(=O)(=O)CC(N)=O)cc1.Cl. The zero-order chi connectivity index (χ0) is 17.9. The van der Waals surface area contributed by atoms with Gasteiger partial charge in [0.2, 0.25) is 5.91 Å². The van der Waals surface area contributed by atoms with Gasteiger partial charge in [0.05, 0.1) is 4.90 Å². The summed E-state index contributed by atoms with van der Waals surface area (Å²) in [6, 6.07) is 5.45. The second-order valence-electron chi connectivity index (χ2n) is 6.17. The Morgan fingerprint density at radius 3 is 2.36 bits per heavy atom. The predicted octanol–water partition coefficient (Wildman–Crippen LogP) is 0.709. The normalized spacial score (nSPS) is 19.0. The van der Waals surface area contributed by atoms with Crippen LogP contribution < -0.4 is 11.5 Å². The molecule has 1 aromatic carbocycles. The van der Waals surface area contributed by atoms with Gasteiger partial charge in [0.25, 0.3) is 5.91 Å². The number of nitrogens with zero attached hydrogens (tertiary/aromatic N) is 1. The molecule has 0 spiro atoms. The molecule has 1 aliphatic heterocycles. The molecule has 0 saturated carbocycles. The smallest absolute Gasteiger partial charge is 0.254 e. The Kier molecular flexibility index (Phi) is 7.40. The standard InChI is InChI=1S/C16H23N3O4S.ClH/c1-11(17)14-4-2-3-9-19(14)16(21)12-5-7-13(8-6-12)24(22,23)10-15(18)20;/h5-8,11,14H,2-4,9-10,17H2,1H3,(H2,18,20);1H. The van der Waals surface area contributed by atoms with Crippen molar-refractivity contribution in [1.29, 1.82) is 0 Å². The Bertz CT molecular complexity index is 719. The van der Waals surface area contributed by atoms with Crippen LogP contribution in [-0.4, -0.2) is 49.5 Å². The molecule has 1 fully saturated rings. The number of nitrogens with two attached hydrogens (primary N) is 2. The minimum absolute atomic E-state index is 0. The van der Waals surface area contributed by atoms with E-state index < -0.39 is 21.5 Å². The van der Waals surface area contributed by atoms with E-state index in [2.05, 4.69) is 0 Å². The van der Waals surface area contributed by atoms with Crippen molar-refractivity contribution >= 4 is 34.1 Å². The number of hydrogen-bond donors (Lipinski definition) is 2. The van der Waals surface area contributed by atoms with E-state index in [1.807, 2.05) is 6.92 Å². The van der Waals surface area contributed by atoms with Crippen LogP contribution in [0.4, 0.5) is 0 Å². The molecule has 2 rings (SSSR count). The Morgan fingerprint density at radius 1 is 1.24 bits per heavy atom. The molecule has 1 aliphatic rings. The van der Waals surface area contributed by atoms with Crippen molar-refractivity contribution in [3.05, 3.63) is 29.8 Å². The highest BCUT2D eigenvalue weighted by atomic mass is 35.5. The molecule has 140 valence electrons. The molecule has 2 amide bonds. The van der Waals surface area contributed by atoms with Gasteiger partial charge in [-0.25, -0.2) is 8.42 Å². The maximum atomic E-state index is 12.7. The Morgan fingerprint density at radius 2 is 1.84 bits per heavy atom. The van der Waals surface area contributed by atoms with E-state index in [4.69, 9.17) is 11.5 Å². The lowest BCUT2D eigenvalue weighted by molar-refractivity contribution is -0.115. The first-order valence-electron chi connectivity index (χ1n) is 7.90. The van der Waals surface area contributed by atoms with Crippen LogP contribution in [0.15, 0.2) is 29.2 Å². The topological polar surface area (TPSA) is 124 Å². The third-order valence-electron chi connectivity index (χ3n) is 4.21. The van der Waals surface area contributed by atoms with Gasteiger partial charge in [0.1, 0.15) is 5.75 Å². The fourth-order valence-corrected chi connectivity index (χ4v) is 4.09. The summed E-state index contributed by atoms with van der Waals surface area (Å²) in [5.74, 6) is -1.82. The van der Waals surface area contributed by atoms with Crippen molar-refractivity contribution in [2.75, 3.05) is 12.3 Å². The summed E-state index contributed by atoms with van der Waals surface area (Å²) >= 11 is 0. The molecule has 25 heavy (non-hydrogen) atoms. The molecule has 1 saturated heterocycles. The molecule has 7 nitrogen and oxygen atoms in total. The Labute approximate surface area is 154 Å². The monoisotopic (exact) mass is 389 g/mol. The van der Waals surface area contributed by atoms with Crippen LogP contribution in [0.1, 0.15) is 36.5 Å². The predicted molar refractivity (Wildman–Crippen MR) is 97.3 cm³/mol. The van der Waals surface area contributed by atoms with Gasteiger partial charge in [-0.2, -0.15) is 0 Å². The number of halogens is 1. The summed E-state index contributed by atoms with van der Waals surface area (Å²) in [4.78, 5) is 25.3. The number of benzene rings is 1. The Hall–Kier alpha value is -1.64. The largest absolute Gasteiger partial charge is 0.369 e. The zero-order valence-electron chi connectivity index (χ0n) is 14.1. The molecule has 0 bridgehead atoms. The van der Waals surface area contributed by atoms with E-state index in [9.17, 15) is 18.0 Å². The van der Waals surface area contributed by atoms with E-state index in [1.165, 1.54) is 24.3 Å². The van der Waals surface area contributed by atoms with Crippen LogP contribution in [0.2, 0.25) is 0 Å². The molecule has 2 unspecified atom stereocenters. The third kappa shape index (κ3) is 5.17. The lowest BCUT2D eigenvalue weighted by Gasteiger charge is -2.38. The summed E-state index contributed by atoms with van der Waals surface area (Å²) < 4.78 is 23.9. The van der Waals surface area contributed by atoms with Crippen molar-refractivity contribution in [3.8, 4) is 0 Å². The van der Waals surface area contributed by atoms with E-state index in [-0.39, 0.29) is 35.3 Å². The third-order valence-corrected chi connectivity index (χ3v) is 5.86. The van der Waals surface area contributed by atoms with Crippen molar-refractivity contribution in [2.45, 2.75) is 43.2 Å². The number of likely N-dealkylation sites (tertiary alicyclic amines) is 1. The van der Waals surface area contributed by atoms with Gasteiger partial charge in [0, 0.05) is 24.2 Å².